The quantitative estimate of drug-likeness (QED) is 0.239. The van der Waals surface area contributed by atoms with Crippen LogP contribution in [0.1, 0.15) is 25.0 Å². The van der Waals surface area contributed by atoms with Crippen LogP contribution in [0.4, 0.5) is 5.69 Å². The minimum Gasteiger partial charge on any atom is -0.491 e. The number of hydrogen-bond acceptors (Lipinski definition) is 6. The molecular weight excluding hydrogens is 482 g/mol. The van der Waals surface area contributed by atoms with Crippen LogP contribution in [-0.2, 0) is 14.8 Å². The molecule has 0 saturated carbocycles. The number of nitrogens with one attached hydrogen (secondary N) is 1. The summed E-state index contributed by atoms with van der Waals surface area (Å²) in [4.78, 5) is 13.7. The summed E-state index contributed by atoms with van der Waals surface area (Å²) < 4.78 is 33.6. The molecule has 0 fully saturated rings. The number of ether oxygens (including phenoxy) is 1. The number of anilines is 1. The highest BCUT2D eigenvalue weighted by Crippen LogP contribution is 2.25. The maximum absolute atomic E-state index is 13.4. The Morgan fingerprint density at radius 1 is 1.03 bits per heavy atom. The Hall–Kier alpha value is -3.30. The molecule has 9 heteroatoms. The fraction of sp³-hybridized carbons (Fsp3) is 0.231. The van der Waals surface area contributed by atoms with E-state index in [9.17, 15) is 13.2 Å². The van der Waals surface area contributed by atoms with Crippen LogP contribution in [0, 0.1) is 6.92 Å². The van der Waals surface area contributed by atoms with E-state index in [2.05, 4.69) is 10.5 Å². The van der Waals surface area contributed by atoms with Crippen molar-refractivity contribution in [3.8, 4) is 5.75 Å². The molecule has 1 amide bonds. The van der Waals surface area contributed by atoms with Gasteiger partial charge in [0.1, 0.15) is 12.3 Å². The van der Waals surface area contributed by atoms with Gasteiger partial charge in [0.05, 0.1) is 22.9 Å². The zero-order valence-corrected chi connectivity index (χ0v) is 21.8. The molecule has 0 saturated heterocycles. The highest BCUT2D eigenvalue weighted by atomic mass is 32.2. The van der Waals surface area contributed by atoms with E-state index in [-0.39, 0.29) is 11.0 Å². The topological polar surface area (TPSA) is 88.1 Å². The van der Waals surface area contributed by atoms with Crippen LogP contribution >= 0.6 is 11.8 Å². The fourth-order valence-electron chi connectivity index (χ4n) is 3.15. The van der Waals surface area contributed by atoms with Crippen LogP contribution in [0.2, 0.25) is 0 Å². The molecule has 3 aromatic rings. The average molecular weight is 512 g/mol. The van der Waals surface area contributed by atoms with Gasteiger partial charge < -0.3 is 4.74 Å². The highest BCUT2D eigenvalue weighted by Gasteiger charge is 2.27. The molecule has 35 heavy (non-hydrogen) atoms. The van der Waals surface area contributed by atoms with Gasteiger partial charge in [-0.25, -0.2) is 13.8 Å². The van der Waals surface area contributed by atoms with E-state index in [0.717, 1.165) is 26.1 Å². The van der Waals surface area contributed by atoms with Gasteiger partial charge in [-0.3, -0.25) is 9.10 Å². The molecular formula is C26H29N3O4S2. The molecule has 0 spiro atoms. The van der Waals surface area contributed by atoms with E-state index >= 15 is 0 Å². The van der Waals surface area contributed by atoms with Crippen molar-refractivity contribution in [1.29, 1.82) is 0 Å². The third-order valence-electron chi connectivity index (χ3n) is 4.91. The van der Waals surface area contributed by atoms with Crippen molar-refractivity contribution < 1.29 is 17.9 Å². The molecule has 0 bridgehead atoms. The number of sulfonamides is 1. The summed E-state index contributed by atoms with van der Waals surface area (Å²) in [5.41, 5.74) is 4.56. The van der Waals surface area contributed by atoms with Crippen molar-refractivity contribution in [3.05, 3.63) is 83.9 Å². The second-order valence-electron chi connectivity index (χ2n) is 8.05. The SMILES string of the molecule is CSc1ccc(S(=O)(=O)N(CC(=O)N/N=C\c2ccc(OC(C)C)cc2)c2ccc(C)cc2)cc1. The van der Waals surface area contributed by atoms with Crippen LogP contribution in [0.5, 0.6) is 5.75 Å². The van der Waals surface area contributed by atoms with Gasteiger partial charge in [0.25, 0.3) is 15.9 Å². The molecule has 0 radical (unpaired) electrons. The standard InChI is InChI=1S/C26H29N3O4S2/c1-19(2)33-23-11-7-21(8-12-23)17-27-28-26(30)18-29(22-9-5-20(3)6-10-22)35(31,32)25-15-13-24(34-4)14-16-25/h5-17,19H,18H2,1-4H3,(H,28,30)/b27-17-. The second kappa shape index (κ2) is 11.9. The Morgan fingerprint density at radius 2 is 1.66 bits per heavy atom. The van der Waals surface area contributed by atoms with Gasteiger partial charge >= 0.3 is 0 Å². The predicted molar refractivity (Wildman–Crippen MR) is 142 cm³/mol. The molecule has 3 aromatic carbocycles. The summed E-state index contributed by atoms with van der Waals surface area (Å²) in [6.45, 7) is 5.38. The van der Waals surface area contributed by atoms with Crippen molar-refractivity contribution >= 4 is 39.6 Å². The lowest BCUT2D eigenvalue weighted by Crippen LogP contribution is -2.39. The predicted octanol–water partition coefficient (Wildman–Crippen LogP) is 4.85. The van der Waals surface area contributed by atoms with Gasteiger partial charge in [0.2, 0.25) is 0 Å². The molecule has 0 heterocycles. The largest absolute Gasteiger partial charge is 0.491 e. The van der Waals surface area contributed by atoms with Crippen molar-refractivity contribution in [1.82, 2.24) is 5.43 Å². The number of hydrogen-bond donors (Lipinski definition) is 1. The van der Waals surface area contributed by atoms with Crippen molar-refractivity contribution in [2.75, 3.05) is 17.1 Å². The number of thioether (sulfide) groups is 1. The van der Waals surface area contributed by atoms with Gasteiger partial charge in [-0.2, -0.15) is 5.10 Å². The van der Waals surface area contributed by atoms with Gasteiger partial charge in [-0.15, -0.1) is 11.8 Å². The van der Waals surface area contributed by atoms with Crippen LogP contribution < -0.4 is 14.5 Å². The monoisotopic (exact) mass is 511 g/mol. The van der Waals surface area contributed by atoms with Crippen LogP contribution in [0.3, 0.4) is 0 Å². The van der Waals surface area contributed by atoms with Crippen molar-refractivity contribution in [2.24, 2.45) is 5.10 Å². The van der Waals surface area contributed by atoms with E-state index in [0.29, 0.717) is 5.69 Å². The van der Waals surface area contributed by atoms with E-state index < -0.39 is 22.5 Å². The van der Waals surface area contributed by atoms with Crippen LogP contribution in [0.25, 0.3) is 0 Å². The summed E-state index contributed by atoms with van der Waals surface area (Å²) in [5.74, 6) is 0.177. The lowest BCUT2D eigenvalue weighted by Gasteiger charge is -2.24. The minimum atomic E-state index is -3.98. The summed E-state index contributed by atoms with van der Waals surface area (Å²) in [7, 11) is -3.98. The molecule has 1 N–H and O–H groups in total. The molecule has 3 rings (SSSR count). The van der Waals surface area contributed by atoms with Crippen molar-refractivity contribution in [3.63, 3.8) is 0 Å². The van der Waals surface area contributed by atoms with Crippen LogP contribution in [0.15, 0.2) is 87.7 Å². The number of hydrazone groups is 1. The van der Waals surface area contributed by atoms with Gasteiger partial charge in [-0.1, -0.05) is 17.7 Å². The molecule has 7 nitrogen and oxygen atoms in total. The summed E-state index contributed by atoms with van der Waals surface area (Å²) in [5, 5.41) is 3.98. The smallest absolute Gasteiger partial charge is 0.264 e. The summed E-state index contributed by atoms with van der Waals surface area (Å²) >= 11 is 1.52. The summed E-state index contributed by atoms with van der Waals surface area (Å²) in [6, 6.07) is 20.8. The molecule has 0 aromatic heterocycles. The first kappa shape index (κ1) is 26.3. The first-order valence-electron chi connectivity index (χ1n) is 11.0. The average Bonchev–Trinajstić information content (AvgIpc) is 2.84. The number of amides is 1. The zero-order chi connectivity index (χ0) is 25.4. The Bertz CT molecular complexity index is 1260. The Labute approximate surface area is 211 Å². The lowest BCUT2D eigenvalue weighted by atomic mass is 10.2. The third kappa shape index (κ3) is 7.34. The van der Waals surface area contributed by atoms with Crippen LogP contribution in [-0.4, -0.2) is 39.4 Å². The molecule has 0 atom stereocenters. The Morgan fingerprint density at radius 3 is 2.23 bits per heavy atom. The third-order valence-corrected chi connectivity index (χ3v) is 7.44. The number of rotatable bonds is 10. The first-order chi connectivity index (χ1) is 16.7. The number of aryl methyl sites for hydroxylation is 1. The second-order valence-corrected chi connectivity index (χ2v) is 10.8. The maximum Gasteiger partial charge on any atom is 0.264 e. The van der Waals surface area contributed by atoms with E-state index in [4.69, 9.17) is 4.74 Å². The molecule has 0 aliphatic rings. The lowest BCUT2D eigenvalue weighted by molar-refractivity contribution is -0.119. The van der Waals surface area contributed by atoms with Gasteiger partial charge in [0.15, 0.2) is 0 Å². The molecule has 184 valence electrons. The molecule has 0 unspecified atom stereocenters. The first-order valence-corrected chi connectivity index (χ1v) is 13.7. The van der Waals surface area contributed by atoms with E-state index in [1.165, 1.54) is 18.0 Å². The zero-order valence-electron chi connectivity index (χ0n) is 20.1. The number of nitrogens with zero attached hydrogens (tertiary/aromatic N) is 2. The molecule has 0 aliphatic carbocycles. The Balaban J connectivity index is 1.76. The summed E-state index contributed by atoms with van der Waals surface area (Å²) in [6.07, 6.45) is 3.48. The number of carbonyl (C=O) groups is 1. The fourth-order valence-corrected chi connectivity index (χ4v) is 4.98. The number of benzene rings is 3. The Kier molecular flexibility index (Phi) is 8.95. The molecule has 0 aliphatic heterocycles. The van der Waals surface area contributed by atoms with E-state index in [1.54, 1.807) is 48.5 Å². The van der Waals surface area contributed by atoms with Gasteiger partial charge in [0, 0.05) is 4.90 Å². The number of carbonyl (C=O) groups excluding carboxylic acids is 1. The van der Waals surface area contributed by atoms with E-state index in [1.807, 2.05) is 51.3 Å². The minimum absolute atomic E-state index is 0.0741. The van der Waals surface area contributed by atoms with Crippen molar-refractivity contribution in [2.45, 2.75) is 36.7 Å². The maximum atomic E-state index is 13.4. The normalized spacial score (nSPS) is 11.6. The van der Waals surface area contributed by atoms with Gasteiger partial charge in [-0.05, 0) is 93.3 Å². The highest BCUT2D eigenvalue weighted by molar-refractivity contribution is 7.98.